The van der Waals surface area contributed by atoms with Crippen molar-refractivity contribution < 1.29 is 14.3 Å². The van der Waals surface area contributed by atoms with Crippen LogP contribution in [0, 0.1) is 11.3 Å². The first-order valence-electron chi connectivity index (χ1n) is 8.81. The lowest BCUT2D eigenvalue weighted by molar-refractivity contribution is -0.118. The van der Waals surface area contributed by atoms with Crippen LogP contribution in [-0.2, 0) is 11.2 Å². The number of nitriles is 1. The number of amides is 1. The number of ether oxygens (including phenoxy) is 2. The zero-order chi connectivity index (χ0) is 19.3. The fourth-order valence-corrected chi connectivity index (χ4v) is 3.71. The largest absolute Gasteiger partial charge is 0.454 e. The van der Waals surface area contributed by atoms with Crippen LogP contribution in [0.25, 0.3) is 10.9 Å². The molecule has 1 aliphatic heterocycles. The Kier molecular flexibility index (Phi) is 5.31. The molecule has 1 aromatic heterocycles. The summed E-state index contributed by atoms with van der Waals surface area (Å²) in [5, 5.41) is 13.7. The van der Waals surface area contributed by atoms with Gasteiger partial charge in [-0.25, -0.2) is 4.98 Å². The van der Waals surface area contributed by atoms with Crippen molar-refractivity contribution in [2.24, 2.45) is 0 Å². The van der Waals surface area contributed by atoms with Crippen molar-refractivity contribution in [3.05, 3.63) is 59.7 Å². The predicted octanol–water partition coefficient (Wildman–Crippen LogP) is 3.29. The molecule has 0 fully saturated rings. The second-order valence-electron chi connectivity index (χ2n) is 6.23. The van der Waals surface area contributed by atoms with Gasteiger partial charge in [0.15, 0.2) is 11.5 Å². The first kappa shape index (κ1) is 18.1. The van der Waals surface area contributed by atoms with Gasteiger partial charge >= 0.3 is 0 Å². The maximum Gasteiger partial charge on any atom is 0.231 e. The summed E-state index contributed by atoms with van der Waals surface area (Å²) in [7, 11) is 0. The Balaban J connectivity index is 1.40. The fraction of sp³-hybridized carbons (Fsp3) is 0.190. The molecule has 2 aromatic carbocycles. The van der Waals surface area contributed by atoms with Gasteiger partial charge in [0.05, 0.1) is 16.8 Å². The summed E-state index contributed by atoms with van der Waals surface area (Å²) >= 11 is 1.26. The third-order valence-electron chi connectivity index (χ3n) is 4.31. The molecule has 0 saturated carbocycles. The van der Waals surface area contributed by atoms with Gasteiger partial charge in [-0.15, -0.1) is 0 Å². The van der Waals surface area contributed by atoms with E-state index < -0.39 is 0 Å². The SMILES string of the molecule is N#Cc1cc2cc3c(cc2nc1SCC(=O)NCCc1ccccc1)OCO3. The number of pyridine rings is 1. The van der Waals surface area contributed by atoms with Gasteiger partial charge < -0.3 is 14.8 Å². The molecule has 140 valence electrons. The molecule has 0 bridgehead atoms. The van der Waals surface area contributed by atoms with Crippen LogP contribution in [0.2, 0.25) is 0 Å². The molecule has 0 radical (unpaired) electrons. The number of nitrogens with one attached hydrogen (secondary N) is 1. The van der Waals surface area contributed by atoms with E-state index in [-0.39, 0.29) is 18.5 Å². The molecule has 0 unspecified atom stereocenters. The third kappa shape index (κ3) is 4.02. The number of carbonyl (C=O) groups is 1. The van der Waals surface area contributed by atoms with Crippen LogP contribution in [0.4, 0.5) is 0 Å². The van der Waals surface area contributed by atoms with E-state index in [1.165, 1.54) is 17.3 Å². The van der Waals surface area contributed by atoms with Gasteiger partial charge in [-0.3, -0.25) is 4.79 Å². The van der Waals surface area contributed by atoms with Gasteiger partial charge in [-0.2, -0.15) is 5.26 Å². The average Bonchev–Trinajstić information content (AvgIpc) is 3.17. The van der Waals surface area contributed by atoms with Crippen molar-refractivity contribution in [3.8, 4) is 17.6 Å². The van der Waals surface area contributed by atoms with Crippen LogP contribution in [0.15, 0.2) is 53.6 Å². The monoisotopic (exact) mass is 391 g/mol. The Hall–Kier alpha value is -3.24. The summed E-state index contributed by atoms with van der Waals surface area (Å²) in [6.45, 7) is 0.755. The van der Waals surface area contributed by atoms with E-state index in [9.17, 15) is 10.1 Å². The van der Waals surface area contributed by atoms with Crippen LogP contribution < -0.4 is 14.8 Å². The Morgan fingerprint density at radius 2 is 1.96 bits per heavy atom. The number of nitrogens with zero attached hydrogens (tertiary/aromatic N) is 2. The van der Waals surface area contributed by atoms with Crippen LogP contribution >= 0.6 is 11.8 Å². The normalized spacial score (nSPS) is 12.0. The quantitative estimate of drug-likeness (QED) is 0.649. The summed E-state index contributed by atoms with van der Waals surface area (Å²) in [5.41, 5.74) is 2.32. The summed E-state index contributed by atoms with van der Waals surface area (Å²) in [6.07, 6.45) is 0.780. The van der Waals surface area contributed by atoms with Gasteiger partial charge in [0, 0.05) is 18.0 Å². The van der Waals surface area contributed by atoms with Gasteiger partial charge in [0.2, 0.25) is 12.7 Å². The molecule has 0 atom stereocenters. The Labute approximate surface area is 166 Å². The lowest BCUT2D eigenvalue weighted by Crippen LogP contribution is -2.27. The minimum absolute atomic E-state index is 0.0857. The molecule has 6 nitrogen and oxygen atoms in total. The molecule has 1 aliphatic rings. The van der Waals surface area contributed by atoms with E-state index in [1.807, 2.05) is 36.4 Å². The van der Waals surface area contributed by atoms with E-state index in [1.54, 1.807) is 12.1 Å². The van der Waals surface area contributed by atoms with Crippen LogP contribution in [0.1, 0.15) is 11.1 Å². The molecular weight excluding hydrogens is 374 g/mol. The second-order valence-corrected chi connectivity index (χ2v) is 7.19. The minimum Gasteiger partial charge on any atom is -0.454 e. The summed E-state index contributed by atoms with van der Waals surface area (Å²) < 4.78 is 10.8. The topological polar surface area (TPSA) is 84.2 Å². The van der Waals surface area contributed by atoms with Gasteiger partial charge in [0.1, 0.15) is 11.1 Å². The molecule has 28 heavy (non-hydrogen) atoms. The zero-order valence-corrected chi connectivity index (χ0v) is 15.8. The minimum atomic E-state index is -0.0857. The predicted molar refractivity (Wildman–Crippen MR) is 106 cm³/mol. The molecule has 0 aliphatic carbocycles. The lowest BCUT2D eigenvalue weighted by atomic mass is 10.1. The van der Waals surface area contributed by atoms with E-state index in [2.05, 4.69) is 16.4 Å². The maximum absolute atomic E-state index is 12.1. The van der Waals surface area contributed by atoms with Crippen molar-refractivity contribution in [2.75, 3.05) is 19.1 Å². The van der Waals surface area contributed by atoms with Crippen molar-refractivity contribution in [2.45, 2.75) is 11.4 Å². The maximum atomic E-state index is 12.1. The first-order chi connectivity index (χ1) is 13.7. The summed E-state index contributed by atoms with van der Waals surface area (Å²) in [4.78, 5) is 16.7. The van der Waals surface area contributed by atoms with Gasteiger partial charge in [-0.05, 0) is 24.1 Å². The number of hydrogen-bond donors (Lipinski definition) is 1. The molecule has 3 aromatic rings. The fourth-order valence-electron chi connectivity index (χ4n) is 2.91. The molecule has 4 rings (SSSR count). The Morgan fingerprint density at radius 1 is 1.18 bits per heavy atom. The van der Waals surface area contributed by atoms with E-state index in [0.29, 0.717) is 34.1 Å². The summed E-state index contributed by atoms with van der Waals surface area (Å²) in [5.74, 6) is 1.40. The number of fused-ring (bicyclic) bond motifs is 2. The number of rotatable bonds is 6. The lowest BCUT2D eigenvalue weighted by Gasteiger charge is -2.08. The highest BCUT2D eigenvalue weighted by atomic mass is 32.2. The molecular formula is C21H17N3O3S. The van der Waals surface area contributed by atoms with E-state index in [4.69, 9.17) is 9.47 Å². The van der Waals surface area contributed by atoms with Crippen molar-refractivity contribution >= 4 is 28.6 Å². The number of aromatic nitrogens is 1. The van der Waals surface area contributed by atoms with Crippen LogP contribution in [0.5, 0.6) is 11.5 Å². The van der Waals surface area contributed by atoms with Crippen molar-refractivity contribution in [1.82, 2.24) is 10.3 Å². The Morgan fingerprint density at radius 3 is 2.75 bits per heavy atom. The number of carbonyl (C=O) groups excluding carboxylic acids is 1. The smallest absolute Gasteiger partial charge is 0.231 e. The van der Waals surface area contributed by atoms with Crippen molar-refractivity contribution in [3.63, 3.8) is 0 Å². The van der Waals surface area contributed by atoms with Gasteiger partial charge in [0.25, 0.3) is 0 Å². The molecule has 1 N–H and O–H groups in total. The number of benzene rings is 2. The number of thioether (sulfide) groups is 1. The van der Waals surface area contributed by atoms with E-state index in [0.717, 1.165) is 11.8 Å². The Bertz CT molecular complexity index is 1060. The summed E-state index contributed by atoms with van der Waals surface area (Å²) in [6, 6.07) is 17.5. The average molecular weight is 391 g/mol. The zero-order valence-electron chi connectivity index (χ0n) is 15.0. The first-order valence-corrected chi connectivity index (χ1v) is 9.79. The molecule has 2 heterocycles. The molecule has 0 saturated heterocycles. The van der Waals surface area contributed by atoms with Gasteiger partial charge in [-0.1, -0.05) is 42.1 Å². The molecule has 1 amide bonds. The number of hydrogen-bond acceptors (Lipinski definition) is 6. The standard InChI is InChI=1S/C21H17N3O3S/c22-11-16-8-15-9-18-19(27-13-26-18)10-17(15)24-21(16)28-12-20(25)23-7-6-14-4-2-1-3-5-14/h1-5,8-10H,6-7,12-13H2,(H,23,25). The third-order valence-corrected chi connectivity index (χ3v) is 5.30. The highest BCUT2D eigenvalue weighted by molar-refractivity contribution is 8.00. The van der Waals surface area contributed by atoms with Crippen LogP contribution in [0.3, 0.4) is 0 Å². The van der Waals surface area contributed by atoms with Crippen molar-refractivity contribution in [1.29, 1.82) is 5.26 Å². The van der Waals surface area contributed by atoms with E-state index >= 15 is 0 Å². The second kappa shape index (κ2) is 8.19. The van der Waals surface area contributed by atoms with Crippen LogP contribution in [-0.4, -0.2) is 30.0 Å². The highest BCUT2D eigenvalue weighted by Gasteiger charge is 2.17. The molecule has 7 heteroatoms. The molecule has 0 spiro atoms. The highest BCUT2D eigenvalue weighted by Crippen LogP contribution is 2.36.